The predicted octanol–water partition coefficient (Wildman–Crippen LogP) is 4.65. The zero-order valence-corrected chi connectivity index (χ0v) is 18.2. The van der Waals surface area contributed by atoms with E-state index in [4.69, 9.17) is 9.47 Å². The second kappa shape index (κ2) is 11.0. The first-order chi connectivity index (χ1) is 14.8. The third-order valence-corrected chi connectivity index (χ3v) is 6.86. The molecule has 2 fully saturated rings. The van der Waals surface area contributed by atoms with Crippen LogP contribution in [0.25, 0.3) is 0 Å². The molecule has 0 radical (unpaired) electrons. The number of fused-ring (bicyclic) bond motifs is 1. The van der Waals surface area contributed by atoms with Crippen LogP contribution in [0.2, 0.25) is 0 Å². The lowest BCUT2D eigenvalue weighted by molar-refractivity contribution is 0.107. The number of rotatable bonds is 3. The Morgan fingerprint density at radius 3 is 2.33 bits per heavy atom. The van der Waals surface area contributed by atoms with Crippen molar-refractivity contribution >= 4 is 5.71 Å². The molecule has 1 aliphatic carbocycles. The SMILES string of the molecule is ON=C1CCCCCCCCCCC1N1CCN(Cc2ccc3c(c2)OCO3)CC1. The van der Waals surface area contributed by atoms with Crippen LogP contribution < -0.4 is 9.47 Å². The molecule has 1 atom stereocenters. The average molecular weight is 416 g/mol. The quantitative estimate of drug-likeness (QED) is 0.575. The number of benzene rings is 1. The third-order valence-electron chi connectivity index (χ3n) is 6.86. The standard InChI is InChI=1S/C24H37N3O3/c28-25-21-9-7-5-3-1-2-4-6-8-10-22(21)27-15-13-26(14-16-27)18-20-11-12-23-24(17-20)30-19-29-23/h11-12,17,22,28H,1-10,13-16,18-19H2. The van der Waals surface area contributed by atoms with E-state index in [2.05, 4.69) is 27.1 Å². The van der Waals surface area contributed by atoms with E-state index < -0.39 is 0 Å². The van der Waals surface area contributed by atoms with Gasteiger partial charge in [-0.3, -0.25) is 9.80 Å². The van der Waals surface area contributed by atoms with E-state index in [1.54, 1.807) is 0 Å². The van der Waals surface area contributed by atoms with Gasteiger partial charge in [0.2, 0.25) is 6.79 Å². The first-order valence-corrected chi connectivity index (χ1v) is 11.9. The molecule has 3 aliphatic rings. The van der Waals surface area contributed by atoms with Gasteiger partial charge in [-0.25, -0.2) is 0 Å². The van der Waals surface area contributed by atoms with Gasteiger partial charge in [0.15, 0.2) is 11.5 Å². The van der Waals surface area contributed by atoms with Crippen molar-refractivity contribution in [1.82, 2.24) is 9.80 Å². The Labute approximate surface area is 180 Å². The number of nitrogens with zero attached hydrogens (tertiary/aromatic N) is 3. The van der Waals surface area contributed by atoms with Gasteiger partial charge < -0.3 is 14.7 Å². The Bertz CT molecular complexity index is 701. The van der Waals surface area contributed by atoms with Gasteiger partial charge in [0.25, 0.3) is 0 Å². The second-order valence-electron chi connectivity index (χ2n) is 8.97. The van der Waals surface area contributed by atoms with Crippen LogP contribution in [0.15, 0.2) is 23.4 Å². The Kier molecular flexibility index (Phi) is 7.87. The highest BCUT2D eigenvalue weighted by molar-refractivity contribution is 5.89. The summed E-state index contributed by atoms with van der Waals surface area (Å²) in [5.74, 6) is 1.71. The fourth-order valence-electron chi connectivity index (χ4n) is 5.08. The Morgan fingerprint density at radius 1 is 0.867 bits per heavy atom. The van der Waals surface area contributed by atoms with Gasteiger partial charge in [-0.15, -0.1) is 0 Å². The van der Waals surface area contributed by atoms with Gasteiger partial charge in [0, 0.05) is 32.7 Å². The molecule has 6 heteroatoms. The van der Waals surface area contributed by atoms with Crippen LogP contribution >= 0.6 is 0 Å². The maximum atomic E-state index is 9.75. The largest absolute Gasteiger partial charge is 0.454 e. The Balaban J connectivity index is 1.32. The lowest BCUT2D eigenvalue weighted by atomic mass is 9.95. The van der Waals surface area contributed by atoms with Crippen LogP contribution in [-0.2, 0) is 6.54 Å². The van der Waals surface area contributed by atoms with Gasteiger partial charge >= 0.3 is 0 Å². The number of ether oxygens (including phenoxy) is 2. The van der Waals surface area contributed by atoms with Crippen LogP contribution in [0, 0.1) is 0 Å². The summed E-state index contributed by atoms with van der Waals surface area (Å²) in [5, 5.41) is 13.5. The van der Waals surface area contributed by atoms with Gasteiger partial charge in [-0.1, -0.05) is 56.2 Å². The second-order valence-corrected chi connectivity index (χ2v) is 8.97. The first-order valence-electron chi connectivity index (χ1n) is 11.9. The molecular weight excluding hydrogens is 378 g/mol. The van der Waals surface area contributed by atoms with E-state index in [1.165, 1.54) is 50.5 Å². The molecule has 0 spiro atoms. The maximum Gasteiger partial charge on any atom is 0.231 e. The van der Waals surface area contributed by atoms with Crippen molar-refractivity contribution < 1.29 is 14.7 Å². The highest BCUT2D eigenvalue weighted by Crippen LogP contribution is 2.33. The third kappa shape index (κ3) is 5.67. The van der Waals surface area contributed by atoms with E-state index >= 15 is 0 Å². The van der Waals surface area contributed by atoms with Crippen LogP contribution in [0.5, 0.6) is 11.5 Å². The molecule has 0 aromatic heterocycles. The Hall–Kier alpha value is -1.79. The summed E-state index contributed by atoms with van der Waals surface area (Å²) in [6.07, 6.45) is 12.4. The molecule has 4 rings (SSSR count). The fraction of sp³-hybridized carbons (Fsp3) is 0.708. The highest BCUT2D eigenvalue weighted by Gasteiger charge is 2.28. The molecule has 1 N–H and O–H groups in total. The lowest BCUT2D eigenvalue weighted by Crippen LogP contribution is -2.52. The molecule has 6 nitrogen and oxygen atoms in total. The summed E-state index contributed by atoms with van der Waals surface area (Å²) in [6, 6.07) is 6.58. The van der Waals surface area contributed by atoms with E-state index in [0.717, 1.165) is 69.2 Å². The van der Waals surface area contributed by atoms with Crippen LogP contribution in [0.4, 0.5) is 0 Å². The molecule has 1 unspecified atom stereocenters. The minimum atomic E-state index is 0.308. The molecule has 0 bridgehead atoms. The Morgan fingerprint density at radius 2 is 1.57 bits per heavy atom. The summed E-state index contributed by atoms with van der Waals surface area (Å²) in [7, 11) is 0. The summed E-state index contributed by atoms with van der Waals surface area (Å²) >= 11 is 0. The molecule has 1 aromatic carbocycles. The van der Waals surface area contributed by atoms with Gasteiger partial charge in [0.05, 0.1) is 11.8 Å². The van der Waals surface area contributed by atoms with Crippen molar-refractivity contribution in [3.63, 3.8) is 0 Å². The molecule has 30 heavy (non-hydrogen) atoms. The van der Waals surface area contributed by atoms with Gasteiger partial charge in [-0.2, -0.15) is 0 Å². The lowest BCUT2D eigenvalue weighted by Gasteiger charge is -2.39. The van der Waals surface area contributed by atoms with Crippen molar-refractivity contribution in [2.45, 2.75) is 76.8 Å². The number of piperazine rings is 1. The topological polar surface area (TPSA) is 57.5 Å². The number of oxime groups is 1. The molecule has 2 heterocycles. The van der Waals surface area contributed by atoms with Crippen molar-refractivity contribution in [3.8, 4) is 11.5 Å². The van der Waals surface area contributed by atoms with Crippen molar-refractivity contribution in [3.05, 3.63) is 23.8 Å². The molecule has 2 aliphatic heterocycles. The summed E-state index contributed by atoms with van der Waals surface area (Å²) in [6.45, 7) is 5.43. The zero-order valence-electron chi connectivity index (χ0n) is 18.2. The van der Waals surface area contributed by atoms with Crippen molar-refractivity contribution in [2.24, 2.45) is 5.16 Å². The summed E-state index contributed by atoms with van der Waals surface area (Å²) < 4.78 is 10.9. The molecule has 0 amide bonds. The van der Waals surface area contributed by atoms with Gasteiger partial charge in [-0.05, 0) is 37.0 Å². The van der Waals surface area contributed by atoms with Crippen LogP contribution in [-0.4, -0.2) is 59.7 Å². The monoisotopic (exact) mass is 415 g/mol. The fourth-order valence-corrected chi connectivity index (χ4v) is 5.08. The summed E-state index contributed by atoms with van der Waals surface area (Å²) in [5.41, 5.74) is 2.29. The zero-order chi connectivity index (χ0) is 20.6. The van der Waals surface area contributed by atoms with Crippen molar-refractivity contribution in [2.75, 3.05) is 33.0 Å². The number of hydrogen-bond donors (Lipinski definition) is 1. The van der Waals surface area contributed by atoms with E-state index in [1.807, 2.05) is 6.07 Å². The van der Waals surface area contributed by atoms with Crippen LogP contribution in [0.1, 0.15) is 69.8 Å². The average Bonchev–Trinajstić information content (AvgIpc) is 3.23. The van der Waals surface area contributed by atoms with Crippen molar-refractivity contribution in [1.29, 1.82) is 0 Å². The van der Waals surface area contributed by atoms with Gasteiger partial charge in [0.1, 0.15) is 0 Å². The minimum Gasteiger partial charge on any atom is -0.454 e. The smallest absolute Gasteiger partial charge is 0.231 e. The molecule has 1 saturated carbocycles. The van der Waals surface area contributed by atoms with Crippen LogP contribution in [0.3, 0.4) is 0 Å². The van der Waals surface area contributed by atoms with E-state index in [-0.39, 0.29) is 0 Å². The molecular formula is C24H37N3O3. The molecule has 1 aromatic rings. The molecule has 1 saturated heterocycles. The highest BCUT2D eigenvalue weighted by atomic mass is 16.7. The predicted molar refractivity (Wildman–Crippen MR) is 119 cm³/mol. The van der Waals surface area contributed by atoms with E-state index in [9.17, 15) is 5.21 Å². The first kappa shape index (κ1) is 21.4. The summed E-state index contributed by atoms with van der Waals surface area (Å²) in [4.78, 5) is 5.08. The molecule has 166 valence electrons. The minimum absolute atomic E-state index is 0.308. The maximum absolute atomic E-state index is 9.75. The normalized spacial score (nSPS) is 26.3. The number of hydrogen-bond acceptors (Lipinski definition) is 6. The van der Waals surface area contributed by atoms with E-state index in [0.29, 0.717) is 12.8 Å².